The number of amides is 1. The zero-order chi connectivity index (χ0) is 23.8. The first kappa shape index (κ1) is 23.3. The highest BCUT2D eigenvalue weighted by atomic mass is 16.2. The highest BCUT2D eigenvalue weighted by Crippen LogP contribution is 2.50. The van der Waals surface area contributed by atoms with Gasteiger partial charge in [0.15, 0.2) is 0 Å². The van der Waals surface area contributed by atoms with Crippen molar-refractivity contribution >= 4 is 11.7 Å². The Morgan fingerprint density at radius 1 is 1.00 bits per heavy atom. The Kier molecular flexibility index (Phi) is 6.41. The Morgan fingerprint density at radius 2 is 1.74 bits per heavy atom. The van der Waals surface area contributed by atoms with Crippen molar-refractivity contribution in [2.45, 2.75) is 57.3 Å². The van der Waals surface area contributed by atoms with Crippen molar-refractivity contribution in [3.05, 3.63) is 59.8 Å². The Morgan fingerprint density at radius 3 is 2.35 bits per heavy atom. The predicted molar refractivity (Wildman–Crippen MR) is 138 cm³/mol. The molecule has 0 N–H and O–H groups in total. The molecular weight excluding hydrogens is 420 g/mol. The molecule has 3 fully saturated rings. The fraction of sp³-hybridized carbons (Fsp3) is 0.586. The number of carbonyl (C=O) groups is 1. The lowest BCUT2D eigenvalue weighted by Crippen LogP contribution is -2.51. The summed E-state index contributed by atoms with van der Waals surface area (Å²) in [6, 6.07) is 15.0. The van der Waals surface area contributed by atoms with Crippen LogP contribution in [0, 0.1) is 5.92 Å². The van der Waals surface area contributed by atoms with E-state index in [2.05, 4.69) is 76.9 Å². The molecule has 2 saturated heterocycles. The maximum Gasteiger partial charge on any atom is 0.233 e. The van der Waals surface area contributed by atoms with Crippen LogP contribution >= 0.6 is 0 Å². The molecule has 1 amide bonds. The molecule has 1 aromatic carbocycles. The molecule has 2 aromatic rings. The van der Waals surface area contributed by atoms with E-state index in [-0.39, 0.29) is 10.8 Å². The van der Waals surface area contributed by atoms with Crippen molar-refractivity contribution in [1.29, 1.82) is 0 Å². The van der Waals surface area contributed by atoms with E-state index in [0.717, 1.165) is 70.9 Å². The average molecular weight is 461 g/mol. The molecule has 2 aliphatic heterocycles. The van der Waals surface area contributed by atoms with E-state index >= 15 is 0 Å². The lowest BCUT2D eigenvalue weighted by molar-refractivity contribution is -0.136. The van der Waals surface area contributed by atoms with Gasteiger partial charge in [0.05, 0.1) is 5.41 Å². The predicted octanol–water partition coefficient (Wildman–Crippen LogP) is 4.47. The summed E-state index contributed by atoms with van der Waals surface area (Å²) in [7, 11) is 0. The van der Waals surface area contributed by atoms with E-state index in [9.17, 15) is 4.79 Å². The van der Waals surface area contributed by atoms with Crippen LogP contribution in [0.1, 0.15) is 57.6 Å². The Hall–Kier alpha value is -2.40. The second-order valence-corrected chi connectivity index (χ2v) is 11.6. The molecule has 3 aliphatic rings. The number of likely N-dealkylation sites (tertiary alicyclic amines) is 1. The summed E-state index contributed by atoms with van der Waals surface area (Å²) in [4.78, 5) is 25.4. The molecule has 0 radical (unpaired) electrons. The number of benzene rings is 1. The zero-order valence-electron chi connectivity index (χ0n) is 21.2. The van der Waals surface area contributed by atoms with Crippen molar-refractivity contribution in [3.63, 3.8) is 0 Å². The maximum absolute atomic E-state index is 13.7. The maximum atomic E-state index is 13.7. The molecular formula is C29H40N4O. The number of hydrogen-bond acceptors (Lipinski definition) is 4. The number of pyridine rings is 1. The molecule has 1 atom stereocenters. The number of carbonyl (C=O) groups excluding carboxylic acids is 1. The van der Waals surface area contributed by atoms with Gasteiger partial charge in [-0.05, 0) is 60.3 Å². The van der Waals surface area contributed by atoms with Crippen LogP contribution in [0.2, 0.25) is 0 Å². The van der Waals surface area contributed by atoms with E-state index < -0.39 is 0 Å². The first-order valence-electron chi connectivity index (χ1n) is 13.1. The third kappa shape index (κ3) is 4.86. The second-order valence-electron chi connectivity index (χ2n) is 11.6. The minimum Gasteiger partial charge on any atom is -0.354 e. The number of piperidine rings is 1. The molecule has 5 heteroatoms. The van der Waals surface area contributed by atoms with E-state index in [1.54, 1.807) is 0 Å². The molecule has 1 aromatic heterocycles. The van der Waals surface area contributed by atoms with Gasteiger partial charge in [0, 0.05) is 52.0 Å². The molecule has 182 valence electrons. The van der Waals surface area contributed by atoms with Crippen molar-refractivity contribution in [2.24, 2.45) is 5.92 Å². The van der Waals surface area contributed by atoms with Gasteiger partial charge >= 0.3 is 0 Å². The van der Waals surface area contributed by atoms with Crippen molar-refractivity contribution in [1.82, 2.24) is 14.8 Å². The fourth-order valence-electron chi connectivity index (χ4n) is 5.81. The number of piperazine rings is 1. The van der Waals surface area contributed by atoms with E-state index in [0.29, 0.717) is 11.8 Å². The van der Waals surface area contributed by atoms with E-state index in [1.807, 2.05) is 12.3 Å². The van der Waals surface area contributed by atoms with Crippen LogP contribution in [0.4, 0.5) is 5.82 Å². The van der Waals surface area contributed by atoms with Gasteiger partial charge in [-0.1, -0.05) is 51.1 Å². The second kappa shape index (κ2) is 9.33. The number of rotatable bonds is 5. The van der Waals surface area contributed by atoms with Gasteiger partial charge in [0.25, 0.3) is 0 Å². The third-order valence-corrected chi connectivity index (χ3v) is 8.13. The number of anilines is 1. The number of nitrogens with zero attached hydrogens (tertiary/aromatic N) is 4. The van der Waals surface area contributed by atoms with Gasteiger partial charge in [0.2, 0.25) is 5.91 Å². The first-order chi connectivity index (χ1) is 16.3. The molecule has 5 rings (SSSR count). The van der Waals surface area contributed by atoms with Crippen LogP contribution in [0.3, 0.4) is 0 Å². The van der Waals surface area contributed by atoms with Gasteiger partial charge in [-0.3, -0.25) is 9.69 Å². The van der Waals surface area contributed by atoms with Crippen molar-refractivity contribution in [3.8, 4) is 0 Å². The molecule has 0 bridgehead atoms. The fourth-order valence-corrected chi connectivity index (χ4v) is 5.81. The van der Waals surface area contributed by atoms with E-state index in [1.165, 1.54) is 17.5 Å². The van der Waals surface area contributed by atoms with Gasteiger partial charge in [-0.15, -0.1) is 0 Å². The Labute approximate surface area is 205 Å². The Bertz CT molecular complexity index is 969. The summed E-state index contributed by atoms with van der Waals surface area (Å²) < 4.78 is 0. The summed E-state index contributed by atoms with van der Waals surface area (Å²) in [6.07, 6.45) is 6.23. The largest absolute Gasteiger partial charge is 0.354 e. The average Bonchev–Trinajstić information content (AvgIpc) is 3.67. The van der Waals surface area contributed by atoms with Crippen molar-refractivity contribution < 1.29 is 4.79 Å². The molecule has 5 nitrogen and oxygen atoms in total. The standard InChI is InChI=1S/C29H40N4O/c1-28(2,3)24-9-11-25(12-10-24)29(13-14-29)27(34)33-16-6-7-23(22-33)21-31-17-19-32(20-18-31)26-8-4-5-15-30-26/h4-5,8-12,15,23H,6-7,13-14,16-22H2,1-3H3. The number of aromatic nitrogens is 1. The monoisotopic (exact) mass is 460 g/mol. The molecule has 1 unspecified atom stereocenters. The summed E-state index contributed by atoms with van der Waals surface area (Å²) in [5.41, 5.74) is 2.44. The SMILES string of the molecule is CC(C)(C)c1ccc(C2(C(=O)N3CCCC(CN4CCN(c5ccccn5)CC4)C3)CC2)cc1. The third-order valence-electron chi connectivity index (χ3n) is 8.13. The first-order valence-corrected chi connectivity index (χ1v) is 13.1. The molecule has 1 aliphatic carbocycles. The molecule has 34 heavy (non-hydrogen) atoms. The lowest BCUT2D eigenvalue weighted by atomic mass is 9.84. The van der Waals surface area contributed by atoms with E-state index in [4.69, 9.17) is 0 Å². The van der Waals surface area contributed by atoms with Crippen LogP contribution in [-0.2, 0) is 15.6 Å². The smallest absolute Gasteiger partial charge is 0.233 e. The van der Waals surface area contributed by atoms with Crippen LogP contribution in [0.5, 0.6) is 0 Å². The minimum atomic E-state index is -0.257. The molecule has 3 heterocycles. The van der Waals surface area contributed by atoms with Gasteiger partial charge in [0.1, 0.15) is 5.82 Å². The summed E-state index contributed by atoms with van der Waals surface area (Å²) in [5, 5.41) is 0. The van der Waals surface area contributed by atoms with Crippen LogP contribution in [0.15, 0.2) is 48.7 Å². The van der Waals surface area contributed by atoms with Gasteiger partial charge in [-0.2, -0.15) is 0 Å². The van der Waals surface area contributed by atoms with Gasteiger partial charge < -0.3 is 9.80 Å². The van der Waals surface area contributed by atoms with Gasteiger partial charge in [-0.25, -0.2) is 4.98 Å². The quantitative estimate of drug-likeness (QED) is 0.660. The highest BCUT2D eigenvalue weighted by molar-refractivity contribution is 5.91. The number of hydrogen-bond donors (Lipinski definition) is 0. The van der Waals surface area contributed by atoms with Crippen LogP contribution in [0.25, 0.3) is 0 Å². The van der Waals surface area contributed by atoms with Crippen molar-refractivity contribution in [2.75, 3.05) is 50.7 Å². The lowest BCUT2D eigenvalue weighted by Gasteiger charge is -2.40. The summed E-state index contributed by atoms with van der Waals surface area (Å²) in [5.74, 6) is 2.04. The zero-order valence-corrected chi connectivity index (χ0v) is 21.2. The normalized spacial score (nSPS) is 23.1. The summed E-state index contributed by atoms with van der Waals surface area (Å²) in [6.45, 7) is 13.9. The summed E-state index contributed by atoms with van der Waals surface area (Å²) >= 11 is 0. The topological polar surface area (TPSA) is 39.7 Å². The Balaban J connectivity index is 1.17. The highest BCUT2D eigenvalue weighted by Gasteiger charge is 2.53. The van der Waals surface area contributed by atoms with Crippen LogP contribution < -0.4 is 4.90 Å². The molecule has 1 saturated carbocycles. The van der Waals surface area contributed by atoms with Crippen LogP contribution in [-0.4, -0.2) is 66.5 Å². The minimum absolute atomic E-state index is 0.141. The molecule has 0 spiro atoms.